The van der Waals surface area contributed by atoms with Crippen molar-refractivity contribution in [2.24, 2.45) is 0 Å². The summed E-state index contributed by atoms with van der Waals surface area (Å²) >= 11 is 0. The zero-order chi connectivity index (χ0) is 24.4. The quantitative estimate of drug-likeness (QED) is 0.340. The van der Waals surface area contributed by atoms with E-state index >= 15 is 0 Å². The highest BCUT2D eigenvalue weighted by molar-refractivity contribution is 7.91. The van der Waals surface area contributed by atoms with Gasteiger partial charge >= 0.3 is 11.9 Å². The smallest absolute Gasteiger partial charge is 0.344 e. The van der Waals surface area contributed by atoms with E-state index < -0.39 is 34.0 Å². The molecule has 0 N–H and O–H groups in total. The molecule has 2 unspecified atom stereocenters. The van der Waals surface area contributed by atoms with Crippen molar-refractivity contribution < 1.29 is 37.0 Å². The topological polar surface area (TPSA) is 105 Å². The van der Waals surface area contributed by atoms with Crippen molar-refractivity contribution in [3.05, 3.63) is 73.8 Å². The van der Waals surface area contributed by atoms with E-state index in [1.54, 1.807) is 13.8 Å². The number of esters is 2. The van der Waals surface area contributed by atoms with Crippen LogP contribution in [0.15, 0.2) is 83.6 Å². The normalized spacial score (nSPS) is 12.7. The summed E-state index contributed by atoms with van der Waals surface area (Å²) in [7, 11) is -3.79. The van der Waals surface area contributed by atoms with Crippen LogP contribution in [0.5, 0.6) is 11.5 Å². The van der Waals surface area contributed by atoms with Crippen LogP contribution < -0.4 is 9.47 Å². The predicted molar refractivity (Wildman–Crippen MR) is 121 cm³/mol. The summed E-state index contributed by atoms with van der Waals surface area (Å²) in [5.74, 6) is -0.494. The molecular weight excluding hydrogens is 448 g/mol. The van der Waals surface area contributed by atoms with E-state index in [1.807, 2.05) is 0 Å². The Morgan fingerprint density at radius 2 is 1.09 bits per heavy atom. The Kier molecular flexibility index (Phi) is 9.23. The fourth-order valence-corrected chi connectivity index (χ4v) is 3.69. The minimum absolute atomic E-state index is 0.0494. The Labute approximate surface area is 193 Å². The van der Waals surface area contributed by atoms with Crippen molar-refractivity contribution in [2.75, 3.05) is 13.2 Å². The molecule has 0 fully saturated rings. The average Bonchev–Trinajstić information content (AvgIpc) is 2.81. The van der Waals surface area contributed by atoms with E-state index in [2.05, 4.69) is 13.2 Å². The second-order valence-electron chi connectivity index (χ2n) is 6.88. The molecule has 2 atom stereocenters. The standard InChI is InChI=1S/C24H26O8S/c1-5-17(3)31-23(25)15-29-19-7-11-21(12-8-19)33(27,28)22-13-9-20(10-14-22)30-16-24(26)32-18(4)6-2/h5-14,17-18H,1-2,15-16H2,3-4H3. The highest BCUT2D eigenvalue weighted by Crippen LogP contribution is 2.25. The second-order valence-corrected chi connectivity index (χ2v) is 8.83. The van der Waals surface area contributed by atoms with Crippen molar-refractivity contribution in [2.45, 2.75) is 35.8 Å². The highest BCUT2D eigenvalue weighted by Gasteiger charge is 2.18. The number of ether oxygens (including phenoxy) is 4. The van der Waals surface area contributed by atoms with Gasteiger partial charge in [0.2, 0.25) is 9.84 Å². The van der Waals surface area contributed by atoms with Gasteiger partial charge in [0.05, 0.1) is 9.79 Å². The molecule has 0 aromatic heterocycles. The lowest BCUT2D eigenvalue weighted by atomic mass is 10.3. The summed E-state index contributed by atoms with van der Waals surface area (Å²) in [5.41, 5.74) is 0. The number of hydrogen-bond donors (Lipinski definition) is 0. The first-order valence-electron chi connectivity index (χ1n) is 10.0. The molecule has 2 rings (SSSR count). The minimum Gasteiger partial charge on any atom is -0.482 e. The summed E-state index contributed by atoms with van der Waals surface area (Å²) in [6.07, 6.45) is 2.10. The average molecular weight is 475 g/mol. The van der Waals surface area contributed by atoms with Gasteiger partial charge in [-0.1, -0.05) is 25.3 Å². The van der Waals surface area contributed by atoms with Gasteiger partial charge in [0.15, 0.2) is 13.2 Å². The Morgan fingerprint density at radius 1 is 0.758 bits per heavy atom. The van der Waals surface area contributed by atoms with Gasteiger partial charge in [-0.3, -0.25) is 0 Å². The molecule has 2 aromatic carbocycles. The van der Waals surface area contributed by atoms with E-state index in [0.717, 1.165) is 0 Å². The van der Waals surface area contributed by atoms with Crippen LogP contribution >= 0.6 is 0 Å². The first-order chi connectivity index (χ1) is 15.6. The number of sulfone groups is 1. The highest BCUT2D eigenvalue weighted by atomic mass is 32.2. The van der Waals surface area contributed by atoms with Crippen LogP contribution in [0.25, 0.3) is 0 Å². The van der Waals surface area contributed by atoms with Crippen LogP contribution in [0.3, 0.4) is 0 Å². The molecule has 0 saturated heterocycles. The lowest BCUT2D eigenvalue weighted by Gasteiger charge is -2.11. The van der Waals surface area contributed by atoms with E-state index in [0.29, 0.717) is 11.5 Å². The summed E-state index contributed by atoms with van der Waals surface area (Å²) < 4.78 is 46.3. The first-order valence-corrected chi connectivity index (χ1v) is 11.5. The fraction of sp³-hybridized carbons (Fsp3) is 0.250. The van der Waals surface area contributed by atoms with Gasteiger partial charge in [0, 0.05) is 0 Å². The molecule has 2 aromatic rings. The SMILES string of the molecule is C=CC(C)OC(=O)COc1ccc(S(=O)(=O)c2ccc(OCC(=O)OC(C)C=C)cc2)cc1. The number of benzene rings is 2. The number of carbonyl (C=O) groups excluding carboxylic acids is 2. The maximum Gasteiger partial charge on any atom is 0.344 e. The van der Waals surface area contributed by atoms with E-state index in [1.165, 1.54) is 60.7 Å². The predicted octanol–water partition coefficient (Wildman–Crippen LogP) is 3.51. The molecule has 176 valence electrons. The lowest BCUT2D eigenvalue weighted by molar-refractivity contribution is -0.149. The minimum atomic E-state index is -3.79. The first kappa shape index (κ1) is 25.7. The van der Waals surface area contributed by atoms with Crippen molar-refractivity contribution >= 4 is 21.8 Å². The van der Waals surface area contributed by atoms with Gasteiger partial charge in [-0.2, -0.15) is 0 Å². The Balaban J connectivity index is 1.97. The molecule has 0 aliphatic heterocycles. The third-order valence-corrected chi connectivity index (χ3v) is 6.07. The van der Waals surface area contributed by atoms with Crippen LogP contribution in [-0.4, -0.2) is 45.8 Å². The van der Waals surface area contributed by atoms with Crippen molar-refractivity contribution in [3.63, 3.8) is 0 Å². The lowest BCUT2D eigenvalue weighted by Crippen LogP contribution is -2.19. The number of hydrogen-bond acceptors (Lipinski definition) is 8. The summed E-state index contributed by atoms with van der Waals surface area (Å²) in [6.45, 7) is 9.75. The molecule has 0 heterocycles. The molecule has 9 heteroatoms. The van der Waals surface area contributed by atoms with E-state index in [4.69, 9.17) is 18.9 Å². The second kappa shape index (κ2) is 11.9. The Bertz CT molecular complexity index is 991. The molecule has 0 radical (unpaired) electrons. The van der Waals surface area contributed by atoms with E-state index in [-0.39, 0.29) is 23.0 Å². The van der Waals surface area contributed by atoms with Gasteiger partial charge in [-0.15, -0.1) is 0 Å². The van der Waals surface area contributed by atoms with Crippen LogP contribution in [-0.2, 0) is 28.9 Å². The Morgan fingerprint density at radius 3 is 1.39 bits per heavy atom. The van der Waals surface area contributed by atoms with Crippen LogP contribution in [0.4, 0.5) is 0 Å². The van der Waals surface area contributed by atoms with Gasteiger partial charge < -0.3 is 18.9 Å². The van der Waals surface area contributed by atoms with Crippen molar-refractivity contribution in [1.29, 1.82) is 0 Å². The zero-order valence-corrected chi connectivity index (χ0v) is 19.2. The van der Waals surface area contributed by atoms with Crippen LogP contribution in [0.2, 0.25) is 0 Å². The molecule has 33 heavy (non-hydrogen) atoms. The monoisotopic (exact) mass is 474 g/mol. The summed E-state index contributed by atoms with van der Waals surface area (Å²) in [5, 5.41) is 0. The Hall–Kier alpha value is -3.59. The van der Waals surface area contributed by atoms with Crippen molar-refractivity contribution in [1.82, 2.24) is 0 Å². The summed E-state index contributed by atoms with van der Waals surface area (Å²) in [6, 6.07) is 11.3. The number of rotatable bonds is 12. The van der Waals surface area contributed by atoms with Crippen molar-refractivity contribution in [3.8, 4) is 11.5 Å². The molecule has 0 amide bonds. The third kappa shape index (κ3) is 7.80. The molecular formula is C24H26O8S. The van der Waals surface area contributed by atoms with Gasteiger partial charge in [-0.05, 0) is 62.4 Å². The molecule has 0 aliphatic rings. The van der Waals surface area contributed by atoms with Gasteiger partial charge in [-0.25, -0.2) is 18.0 Å². The molecule has 0 bridgehead atoms. The van der Waals surface area contributed by atoms with Crippen LogP contribution in [0.1, 0.15) is 13.8 Å². The third-order valence-electron chi connectivity index (χ3n) is 4.28. The largest absolute Gasteiger partial charge is 0.482 e. The molecule has 0 aliphatic carbocycles. The van der Waals surface area contributed by atoms with Gasteiger partial charge in [0.1, 0.15) is 23.7 Å². The molecule has 0 saturated carbocycles. The van der Waals surface area contributed by atoms with E-state index in [9.17, 15) is 18.0 Å². The summed E-state index contributed by atoms with van der Waals surface area (Å²) in [4.78, 5) is 23.4. The molecule has 8 nitrogen and oxygen atoms in total. The van der Waals surface area contributed by atoms with Crippen LogP contribution in [0, 0.1) is 0 Å². The van der Waals surface area contributed by atoms with Gasteiger partial charge in [0.25, 0.3) is 0 Å². The number of carbonyl (C=O) groups is 2. The maximum atomic E-state index is 12.8. The fourth-order valence-electron chi connectivity index (χ4n) is 2.43. The zero-order valence-electron chi connectivity index (χ0n) is 18.4. The maximum absolute atomic E-state index is 12.8. The molecule has 0 spiro atoms.